The fourth-order valence-electron chi connectivity index (χ4n) is 3.15. The Kier molecular flexibility index (Phi) is 6.08. The molecule has 3 rings (SSSR count). The van der Waals surface area contributed by atoms with Crippen molar-refractivity contribution in [1.29, 1.82) is 0 Å². The highest BCUT2D eigenvalue weighted by Crippen LogP contribution is 2.36. The molecule has 1 atom stereocenters. The van der Waals surface area contributed by atoms with Crippen molar-refractivity contribution in [3.63, 3.8) is 0 Å². The van der Waals surface area contributed by atoms with Crippen molar-refractivity contribution in [2.24, 2.45) is 0 Å². The molecule has 27 heavy (non-hydrogen) atoms. The summed E-state index contributed by atoms with van der Waals surface area (Å²) in [6.07, 6.45) is 2.10. The average molecular weight is 367 g/mol. The third-order valence-electron chi connectivity index (χ3n) is 4.70. The number of nitrogens with one attached hydrogen (secondary N) is 2. The lowest BCUT2D eigenvalue weighted by Gasteiger charge is -2.31. The van der Waals surface area contributed by atoms with Crippen LogP contribution in [0.2, 0.25) is 0 Å². The molecule has 6 nitrogen and oxygen atoms in total. The molecule has 0 bridgehead atoms. The second kappa shape index (κ2) is 8.68. The van der Waals surface area contributed by atoms with E-state index in [9.17, 15) is 9.59 Å². The number of urea groups is 1. The van der Waals surface area contributed by atoms with Gasteiger partial charge in [0.1, 0.15) is 11.8 Å². The molecular weight excluding hydrogens is 342 g/mol. The fraction of sp³-hybridized carbons (Fsp3) is 0.333. The zero-order chi connectivity index (χ0) is 19.2. The molecule has 0 radical (unpaired) electrons. The third kappa shape index (κ3) is 4.86. The molecule has 3 amide bonds. The van der Waals surface area contributed by atoms with Crippen molar-refractivity contribution >= 4 is 11.9 Å². The lowest BCUT2D eigenvalue weighted by molar-refractivity contribution is -0.126. The van der Waals surface area contributed by atoms with Crippen LogP contribution in [0.4, 0.5) is 4.79 Å². The standard InChI is InChI=1S/C21H25N3O3/c1-22-21(26)23-20(25)19(16-6-4-3-5-7-16)24(17-10-11-17)14-15-8-12-18(27-2)13-9-15/h3-9,12-13,17,19H,10-11,14H2,1-2H3,(H2,22,23,25,26)/t19-/m0/s1. The first-order chi connectivity index (χ1) is 13.1. The van der Waals surface area contributed by atoms with Crippen molar-refractivity contribution in [3.05, 3.63) is 65.7 Å². The van der Waals surface area contributed by atoms with Gasteiger partial charge in [-0.3, -0.25) is 15.0 Å². The summed E-state index contributed by atoms with van der Waals surface area (Å²) < 4.78 is 5.22. The molecule has 0 saturated heterocycles. The van der Waals surface area contributed by atoms with E-state index < -0.39 is 12.1 Å². The number of nitrogens with zero attached hydrogens (tertiary/aromatic N) is 1. The Morgan fingerprint density at radius 2 is 1.78 bits per heavy atom. The van der Waals surface area contributed by atoms with Crippen LogP contribution in [-0.2, 0) is 11.3 Å². The van der Waals surface area contributed by atoms with Crippen molar-refractivity contribution in [2.45, 2.75) is 31.5 Å². The van der Waals surface area contributed by atoms with Gasteiger partial charge in [-0.05, 0) is 36.1 Å². The zero-order valence-corrected chi connectivity index (χ0v) is 15.6. The second-order valence-electron chi connectivity index (χ2n) is 6.63. The van der Waals surface area contributed by atoms with E-state index in [0.29, 0.717) is 12.6 Å². The number of imide groups is 1. The monoisotopic (exact) mass is 367 g/mol. The second-order valence-corrected chi connectivity index (χ2v) is 6.63. The van der Waals surface area contributed by atoms with E-state index in [2.05, 4.69) is 15.5 Å². The summed E-state index contributed by atoms with van der Waals surface area (Å²) in [6.45, 7) is 0.620. The minimum Gasteiger partial charge on any atom is -0.497 e. The molecule has 0 unspecified atom stereocenters. The molecule has 0 spiro atoms. The maximum absolute atomic E-state index is 12.9. The highest BCUT2D eigenvalue weighted by atomic mass is 16.5. The number of ether oxygens (including phenoxy) is 1. The number of amides is 3. The topological polar surface area (TPSA) is 70.7 Å². The zero-order valence-electron chi connectivity index (χ0n) is 15.6. The molecule has 142 valence electrons. The van der Waals surface area contributed by atoms with Crippen LogP contribution >= 0.6 is 0 Å². The van der Waals surface area contributed by atoms with Gasteiger partial charge in [0, 0.05) is 19.6 Å². The molecule has 2 N–H and O–H groups in total. The maximum atomic E-state index is 12.9. The van der Waals surface area contributed by atoms with Gasteiger partial charge in [0.25, 0.3) is 0 Å². The minimum atomic E-state index is -0.530. The van der Waals surface area contributed by atoms with E-state index in [4.69, 9.17) is 4.74 Å². The van der Waals surface area contributed by atoms with Crippen LogP contribution in [0.25, 0.3) is 0 Å². The van der Waals surface area contributed by atoms with E-state index in [1.165, 1.54) is 7.05 Å². The van der Waals surface area contributed by atoms with E-state index in [1.54, 1.807) is 7.11 Å². The Hall–Kier alpha value is -2.86. The summed E-state index contributed by atoms with van der Waals surface area (Å²) in [6, 6.07) is 16.7. The van der Waals surface area contributed by atoms with Gasteiger partial charge in [-0.1, -0.05) is 42.5 Å². The lowest BCUT2D eigenvalue weighted by Crippen LogP contribution is -2.46. The Morgan fingerprint density at radius 3 is 2.33 bits per heavy atom. The van der Waals surface area contributed by atoms with Gasteiger partial charge in [-0.25, -0.2) is 4.79 Å². The van der Waals surface area contributed by atoms with Gasteiger partial charge >= 0.3 is 6.03 Å². The molecule has 2 aromatic rings. The molecule has 1 saturated carbocycles. The first-order valence-electron chi connectivity index (χ1n) is 9.08. The van der Waals surface area contributed by atoms with Crippen LogP contribution in [0.3, 0.4) is 0 Å². The molecule has 2 aromatic carbocycles. The molecule has 6 heteroatoms. The first kappa shape index (κ1) is 18.9. The van der Waals surface area contributed by atoms with E-state index >= 15 is 0 Å². The summed E-state index contributed by atoms with van der Waals surface area (Å²) in [7, 11) is 3.14. The normalized spacial score (nSPS) is 14.5. The molecule has 1 aliphatic rings. The molecule has 1 aliphatic carbocycles. The fourth-order valence-corrected chi connectivity index (χ4v) is 3.15. The van der Waals surface area contributed by atoms with E-state index in [1.807, 2.05) is 54.6 Å². The summed E-state index contributed by atoms with van der Waals surface area (Å²) in [4.78, 5) is 26.8. The van der Waals surface area contributed by atoms with Gasteiger partial charge in [-0.15, -0.1) is 0 Å². The molecular formula is C21H25N3O3. The summed E-state index contributed by atoms with van der Waals surface area (Å²) >= 11 is 0. The number of benzene rings is 2. The lowest BCUT2D eigenvalue weighted by atomic mass is 10.0. The van der Waals surface area contributed by atoms with Gasteiger partial charge < -0.3 is 10.1 Å². The smallest absolute Gasteiger partial charge is 0.321 e. The van der Waals surface area contributed by atoms with Gasteiger partial charge in [0.15, 0.2) is 0 Å². The van der Waals surface area contributed by atoms with Crippen LogP contribution < -0.4 is 15.4 Å². The first-order valence-corrected chi connectivity index (χ1v) is 9.08. The largest absolute Gasteiger partial charge is 0.497 e. The Balaban J connectivity index is 1.88. The van der Waals surface area contributed by atoms with Crippen molar-refractivity contribution in [3.8, 4) is 5.75 Å². The Morgan fingerprint density at radius 1 is 1.11 bits per heavy atom. The Labute approximate surface area is 159 Å². The van der Waals surface area contributed by atoms with E-state index in [-0.39, 0.29) is 5.91 Å². The number of carbonyl (C=O) groups excluding carboxylic acids is 2. The summed E-state index contributed by atoms with van der Waals surface area (Å²) in [5, 5.41) is 4.89. The van der Waals surface area contributed by atoms with Crippen LogP contribution in [0, 0.1) is 0 Å². The van der Waals surface area contributed by atoms with Crippen molar-refractivity contribution in [1.82, 2.24) is 15.5 Å². The number of carbonyl (C=O) groups is 2. The SMILES string of the molecule is CNC(=O)NC(=O)[C@H](c1ccccc1)N(Cc1ccc(OC)cc1)C1CC1. The summed E-state index contributed by atoms with van der Waals surface area (Å²) in [5.41, 5.74) is 1.97. The predicted octanol–water partition coefficient (Wildman–Crippen LogP) is 2.86. The average Bonchev–Trinajstić information content (AvgIpc) is 3.54. The van der Waals surface area contributed by atoms with Crippen LogP contribution in [-0.4, -0.2) is 37.0 Å². The van der Waals surface area contributed by atoms with Crippen LogP contribution in [0.5, 0.6) is 5.75 Å². The maximum Gasteiger partial charge on any atom is 0.321 e. The van der Waals surface area contributed by atoms with Crippen molar-refractivity contribution in [2.75, 3.05) is 14.2 Å². The number of hydrogen-bond donors (Lipinski definition) is 2. The van der Waals surface area contributed by atoms with Crippen LogP contribution in [0.1, 0.15) is 30.0 Å². The van der Waals surface area contributed by atoms with Gasteiger partial charge in [0.2, 0.25) is 5.91 Å². The molecule has 0 aliphatic heterocycles. The highest BCUT2D eigenvalue weighted by Gasteiger charge is 2.38. The minimum absolute atomic E-state index is 0.319. The van der Waals surface area contributed by atoms with Gasteiger partial charge in [-0.2, -0.15) is 0 Å². The summed E-state index contributed by atoms with van der Waals surface area (Å²) in [5.74, 6) is 0.481. The van der Waals surface area contributed by atoms with Crippen LogP contribution in [0.15, 0.2) is 54.6 Å². The van der Waals surface area contributed by atoms with Crippen molar-refractivity contribution < 1.29 is 14.3 Å². The predicted molar refractivity (Wildman–Crippen MR) is 103 cm³/mol. The molecule has 0 aromatic heterocycles. The molecule has 0 heterocycles. The number of hydrogen-bond acceptors (Lipinski definition) is 4. The number of methoxy groups -OCH3 is 1. The third-order valence-corrected chi connectivity index (χ3v) is 4.70. The quantitative estimate of drug-likeness (QED) is 0.789. The number of rotatable bonds is 7. The van der Waals surface area contributed by atoms with E-state index in [0.717, 1.165) is 29.7 Å². The Bertz CT molecular complexity index is 773. The van der Waals surface area contributed by atoms with Gasteiger partial charge in [0.05, 0.1) is 7.11 Å². The molecule has 1 fully saturated rings. The highest BCUT2D eigenvalue weighted by molar-refractivity contribution is 5.97.